The number of carbonyl (C=O) groups is 1. The topological polar surface area (TPSA) is 89.0 Å². The molecule has 1 aliphatic heterocycles. The first-order chi connectivity index (χ1) is 11.8. The van der Waals surface area contributed by atoms with Crippen molar-refractivity contribution in [3.8, 4) is 0 Å². The van der Waals surface area contributed by atoms with E-state index in [2.05, 4.69) is 39.8 Å². The van der Waals surface area contributed by atoms with E-state index in [1.54, 1.807) is 6.26 Å². The lowest BCUT2D eigenvalue weighted by molar-refractivity contribution is 0.235. The van der Waals surface area contributed by atoms with Crippen LogP contribution in [-0.2, 0) is 12.8 Å². The Balaban J connectivity index is 0.00000182. The van der Waals surface area contributed by atoms with Gasteiger partial charge in [-0.15, -0.1) is 0 Å². The van der Waals surface area contributed by atoms with Crippen molar-refractivity contribution in [3.63, 3.8) is 0 Å². The Morgan fingerprint density at radius 1 is 1.24 bits per heavy atom. The maximum Gasteiger partial charge on any atom is 0.315 e. The van der Waals surface area contributed by atoms with E-state index in [9.17, 15) is 4.79 Å². The van der Waals surface area contributed by atoms with E-state index in [1.165, 1.54) is 11.3 Å². The van der Waals surface area contributed by atoms with Crippen LogP contribution >= 0.6 is 0 Å². The Morgan fingerprint density at radius 2 is 2.12 bits per heavy atom. The quantitative estimate of drug-likeness (QED) is 0.892. The lowest BCUT2D eigenvalue weighted by atomic mass is 9.93. The average molecular weight is 343 g/mol. The molecule has 2 aliphatic rings. The molecule has 1 aliphatic carbocycles. The molecule has 2 aromatic rings. The van der Waals surface area contributed by atoms with Gasteiger partial charge >= 0.3 is 6.03 Å². The smallest absolute Gasteiger partial charge is 0.315 e. The van der Waals surface area contributed by atoms with Crippen molar-refractivity contribution in [1.82, 2.24) is 10.6 Å². The molecule has 0 spiro atoms. The second-order valence-corrected chi connectivity index (χ2v) is 6.51. The average Bonchev–Trinajstić information content (AvgIpc) is 3.23. The summed E-state index contributed by atoms with van der Waals surface area (Å²) in [6.45, 7) is 2.51. The number of amides is 2. The first kappa shape index (κ1) is 17.4. The number of benzene rings is 1. The van der Waals surface area contributed by atoms with Crippen LogP contribution in [0, 0.1) is 0 Å². The Labute approximate surface area is 147 Å². The fourth-order valence-electron chi connectivity index (χ4n) is 3.79. The number of aryl methyl sites for hydroxylation is 1. The van der Waals surface area contributed by atoms with Crippen LogP contribution in [0.4, 0.5) is 10.5 Å². The van der Waals surface area contributed by atoms with Gasteiger partial charge in [-0.25, -0.2) is 4.79 Å². The van der Waals surface area contributed by atoms with E-state index in [-0.39, 0.29) is 17.5 Å². The highest BCUT2D eigenvalue weighted by molar-refractivity contribution is 5.74. The molecule has 2 amide bonds. The zero-order valence-electron chi connectivity index (χ0n) is 14.3. The van der Waals surface area contributed by atoms with Crippen molar-refractivity contribution >= 4 is 11.7 Å². The molecule has 1 aromatic carbocycles. The number of nitrogens with zero attached hydrogens (tertiary/aromatic N) is 1. The van der Waals surface area contributed by atoms with Crippen molar-refractivity contribution in [3.05, 3.63) is 53.5 Å². The second kappa shape index (κ2) is 7.61. The maximum absolute atomic E-state index is 12.2. The molecule has 2 heterocycles. The third-order valence-electron chi connectivity index (χ3n) is 5.01. The summed E-state index contributed by atoms with van der Waals surface area (Å²) < 4.78 is 5.47. The number of fused-ring (bicyclic) bond motifs is 2. The van der Waals surface area contributed by atoms with Crippen molar-refractivity contribution in [1.29, 1.82) is 0 Å². The molecule has 0 saturated carbocycles. The minimum absolute atomic E-state index is 0. The summed E-state index contributed by atoms with van der Waals surface area (Å²) in [5, 5.41) is 6.07. The number of urea groups is 1. The third kappa shape index (κ3) is 3.64. The largest absolute Gasteiger partial charge is 0.469 e. The molecule has 134 valence electrons. The van der Waals surface area contributed by atoms with Gasteiger partial charge in [0.1, 0.15) is 5.76 Å². The van der Waals surface area contributed by atoms with Crippen LogP contribution in [0.25, 0.3) is 0 Å². The molecule has 0 bridgehead atoms. The summed E-state index contributed by atoms with van der Waals surface area (Å²) in [5.74, 6) is 1.01. The fraction of sp³-hybridized carbons (Fsp3) is 0.421. The summed E-state index contributed by atoms with van der Waals surface area (Å²) in [6.07, 6.45) is 5.80. The summed E-state index contributed by atoms with van der Waals surface area (Å²) in [4.78, 5) is 14.5. The molecule has 4 rings (SSSR count). The molecular formula is C19H25N3O3. The van der Waals surface area contributed by atoms with Gasteiger partial charge in [-0.1, -0.05) is 18.2 Å². The molecule has 1 aromatic heterocycles. The van der Waals surface area contributed by atoms with Crippen molar-refractivity contribution in [2.24, 2.45) is 0 Å². The molecule has 6 heteroatoms. The van der Waals surface area contributed by atoms with Gasteiger partial charge in [0.05, 0.1) is 12.3 Å². The zero-order chi connectivity index (χ0) is 16.4. The van der Waals surface area contributed by atoms with Crippen molar-refractivity contribution in [2.75, 3.05) is 24.5 Å². The summed E-state index contributed by atoms with van der Waals surface area (Å²) >= 11 is 0. The molecule has 4 N–H and O–H groups in total. The van der Waals surface area contributed by atoms with Crippen molar-refractivity contribution < 1.29 is 14.7 Å². The Kier molecular flexibility index (Phi) is 5.28. The zero-order valence-corrected chi connectivity index (χ0v) is 14.3. The lowest BCUT2D eigenvalue weighted by Crippen LogP contribution is -2.42. The first-order valence-electron chi connectivity index (χ1n) is 8.75. The van der Waals surface area contributed by atoms with Crippen LogP contribution < -0.4 is 15.5 Å². The molecular weight excluding hydrogens is 318 g/mol. The second-order valence-electron chi connectivity index (χ2n) is 6.51. The summed E-state index contributed by atoms with van der Waals surface area (Å²) in [5.41, 5.74) is 3.83. The van der Waals surface area contributed by atoms with Crippen LogP contribution in [-0.4, -0.2) is 31.1 Å². The van der Waals surface area contributed by atoms with E-state index < -0.39 is 0 Å². The van der Waals surface area contributed by atoms with E-state index in [1.807, 2.05) is 6.07 Å². The van der Waals surface area contributed by atoms with Gasteiger partial charge in [-0.2, -0.15) is 0 Å². The number of hydrogen-bond acceptors (Lipinski definition) is 3. The highest BCUT2D eigenvalue weighted by Gasteiger charge is 2.24. The molecule has 6 nitrogen and oxygen atoms in total. The molecule has 0 unspecified atom stereocenters. The number of para-hydroxylation sites is 1. The molecule has 25 heavy (non-hydrogen) atoms. The van der Waals surface area contributed by atoms with Crippen LogP contribution in [0.15, 0.2) is 41.0 Å². The number of anilines is 1. The minimum atomic E-state index is -0.0958. The summed E-state index contributed by atoms with van der Waals surface area (Å²) in [7, 11) is 0. The molecule has 1 atom stereocenters. The monoisotopic (exact) mass is 343 g/mol. The van der Waals surface area contributed by atoms with Crippen LogP contribution in [0.5, 0.6) is 0 Å². The Hall–Kier alpha value is -2.47. The van der Waals surface area contributed by atoms with Crippen LogP contribution in [0.3, 0.4) is 0 Å². The third-order valence-corrected chi connectivity index (χ3v) is 5.01. The lowest BCUT2D eigenvalue weighted by Gasteiger charge is -2.24. The normalized spacial score (nSPS) is 18.1. The predicted octanol–water partition coefficient (Wildman–Crippen LogP) is 2.19. The molecule has 0 saturated heterocycles. The van der Waals surface area contributed by atoms with Gasteiger partial charge in [0.2, 0.25) is 0 Å². The standard InChI is InChI=1S/C19H23N3O2.H2O/c23-19(21-16-5-3-7-18-15(16)9-13-24-18)20-10-12-22-11-8-14-4-1-2-6-17(14)22;/h1-2,4,6,9,13,16H,3,5,7-8,10-12H2,(H2,20,21,23);1H2/t16-;/m0./s1. The number of nitrogens with one attached hydrogen (secondary N) is 2. The van der Waals surface area contributed by atoms with E-state index >= 15 is 0 Å². The first-order valence-corrected chi connectivity index (χ1v) is 8.75. The molecule has 0 fully saturated rings. The van der Waals surface area contributed by atoms with Crippen LogP contribution in [0.1, 0.15) is 35.8 Å². The van der Waals surface area contributed by atoms with Gasteiger partial charge < -0.3 is 25.4 Å². The fourth-order valence-corrected chi connectivity index (χ4v) is 3.79. The Bertz CT molecular complexity index is 728. The Morgan fingerprint density at radius 3 is 3.04 bits per heavy atom. The SMILES string of the molecule is O.O=C(NCCN1CCc2ccccc21)N[C@H]1CCCc2occc21. The maximum atomic E-state index is 12.2. The van der Waals surface area contributed by atoms with Gasteiger partial charge in [0, 0.05) is 37.3 Å². The minimum Gasteiger partial charge on any atom is -0.469 e. The highest BCUT2D eigenvalue weighted by Crippen LogP contribution is 2.30. The molecule has 0 radical (unpaired) electrons. The van der Waals surface area contributed by atoms with Crippen molar-refractivity contribution in [2.45, 2.75) is 31.7 Å². The highest BCUT2D eigenvalue weighted by atomic mass is 16.3. The van der Waals surface area contributed by atoms with Gasteiger partial charge in [-0.05, 0) is 37.0 Å². The summed E-state index contributed by atoms with van der Waals surface area (Å²) in [6, 6.07) is 10.4. The van der Waals surface area contributed by atoms with E-state index in [0.29, 0.717) is 6.54 Å². The number of carbonyl (C=O) groups excluding carboxylic acids is 1. The number of rotatable bonds is 4. The van der Waals surface area contributed by atoms with E-state index in [4.69, 9.17) is 4.42 Å². The number of furan rings is 1. The van der Waals surface area contributed by atoms with E-state index in [0.717, 1.165) is 50.1 Å². The van der Waals surface area contributed by atoms with Gasteiger partial charge in [0.15, 0.2) is 0 Å². The number of hydrogen-bond donors (Lipinski definition) is 2. The predicted molar refractivity (Wildman–Crippen MR) is 96.9 cm³/mol. The van der Waals surface area contributed by atoms with Gasteiger partial charge in [0.25, 0.3) is 0 Å². The van der Waals surface area contributed by atoms with Crippen LogP contribution in [0.2, 0.25) is 0 Å². The van der Waals surface area contributed by atoms with Gasteiger partial charge in [-0.3, -0.25) is 0 Å².